The maximum atomic E-state index is 13.6. The lowest BCUT2D eigenvalue weighted by Crippen LogP contribution is -2.50. The fraction of sp³-hybridized carbons (Fsp3) is 0.385. The van der Waals surface area contributed by atoms with E-state index < -0.39 is 29.3 Å². The van der Waals surface area contributed by atoms with Crippen LogP contribution < -0.4 is 10.6 Å². The van der Waals surface area contributed by atoms with Crippen LogP contribution >= 0.6 is 11.6 Å². The van der Waals surface area contributed by atoms with Gasteiger partial charge in [-0.15, -0.1) is 0 Å². The molecular formula is C13H16ClFN2O3. The van der Waals surface area contributed by atoms with Crippen molar-refractivity contribution in [2.45, 2.75) is 26.8 Å². The number of carbonyl (C=O) groups is 2. The Morgan fingerprint density at radius 2 is 1.95 bits per heavy atom. The highest BCUT2D eigenvalue weighted by Crippen LogP contribution is 2.23. The number of anilines is 1. The summed E-state index contributed by atoms with van der Waals surface area (Å²) in [7, 11) is 0. The van der Waals surface area contributed by atoms with E-state index >= 15 is 0 Å². The number of amides is 2. The molecule has 5 nitrogen and oxygen atoms in total. The molecule has 0 saturated heterocycles. The molecule has 0 heterocycles. The highest BCUT2D eigenvalue weighted by atomic mass is 35.5. The molecule has 1 atom stereocenters. The first-order chi connectivity index (χ1) is 9.12. The lowest BCUT2D eigenvalue weighted by atomic mass is 9.87. The zero-order chi connectivity index (χ0) is 15.5. The van der Waals surface area contributed by atoms with Crippen LogP contribution in [0, 0.1) is 11.2 Å². The number of hydrogen-bond acceptors (Lipinski definition) is 2. The highest BCUT2D eigenvalue weighted by Gasteiger charge is 2.32. The van der Waals surface area contributed by atoms with Crippen molar-refractivity contribution in [1.29, 1.82) is 0 Å². The van der Waals surface area contributed by atoms with Gasteiger partial charge < -0.3 is 15.7 Å². The highest BCUT2D eigenvalue weighted by molar-refractivity contribution is 6.31. The summed E-state index contributed by atoms with van der Waals surface area (Å²) in [6.45, 7) is 5.02. The molecule has 20 heavy (non-hydrogen) atoms. The van der Waals surface area contributed by atoms with Crippen LogP contribution in [-0.2, 0) is 4.79 Å². The predicted octanol–water partition coefficient (Wildman–Crippen LogP) is 3.10. The Balaban J connectivity index is 2.82. The molecule has 0 aliphatic carbocycles. The van der Waals surface area contributed by atoms with Crippen molar-refractivity contribution >= 4 is 29.3 Å². The van der Waals surface area contributed by atoms with Crippen LogP contribution in [0.2, 0.25) is 5.02 Å². The van der Waals surface area contributed by atoms with Gasteiger partial charge >= 0.3 is 12.0 Å². The first kappa shape index (κ1) is 16.2. The number of aliphatic carboxylic acids is 1. The molecule has 0 saturated carbocycles. The van der Waals surface area contributed by atoms with E-state index in [1.54, 1.807) is 20.8 Å². The number of hydrogen-bond donors (Lipinski definition) is 3. The van der Waals surface area contributed by atoms with Crippen molar-refractivity contribution in [1.82, 2.24) is 5.32 Å². The molecule has 0 bridgehead atoms. The smallest absolute Gasteiger partial charge is 0.326 e. The minimum absolute atomic E-state index is 0.118. The molecule has 1 aromatic rings. The summed E-state index contributed by atoms with van der Waals surface area (Å²) >= 11 is 5.59. The monoisotopic (exact) mass is 302 g/mol. The van der Waals surface area contributed by atoms with Crippen molar-refractivity contribution in [3.63, 3.8) is 0 Å². The molecule has 0 radical (unpaired) electrons. The minimum Gasteiger partial charge on any atom is -0.480 e. The van der Waals surface area contributed by atoms with Gasteiger partial charge in [0.25, 0.3) is 0 Å². The van der Waals surface area contributed by atoms with Gasteiger partial charge in [0.15, 0.2) is 5.82 Å². The molecule has 0 spiro atoms. The van der Waals surface area contributed by atoms with E-state index in [-0.39, 0.29) is 10.7 Å². The van der Waals surface area contributed by atoms with Crippen molar-refractivity contribution in [3.8, 4) is 0 Å². The molecule has 3 N–H and O–H groups in total. The van der Waals surface area contributed by atoms with Crippen LogP contribution in [0.4, 0.5) is 14.9 Å². The zero-order valence-corrected chi connectivity index (χ0v) is 12.1. The average Bonchev–Trinajstić information content (AvgIpc) is 2.30. The van der Waals surface area contributed by atoms with Crippen molar-refractivity contribution in [2.24, 2.45) is 5.41 Å². The second kappa shape index (κ2) is 6.09. The van der Waals surface area contributed by atoms with Crippen LogP contribution in [0.3, 0.4) is 0 Å². The van der Waals surface area contributed by atoms with Gasteiger partial charge in [0.05, 0.1) is 10.7 Å². The summed E-state index contributed by atoms with van der Waals surface area (Å²) in [5, 5.41) is 13.5. The Hall–Kier alpha value is -1.82. The van der Waals surface area contributed by atoms with Crippen LogP contribution in [-0.4, -0.2) is 23.1 Å². The number of benzene rings is 1. The minimum atomic E-state index is -1.17. The van der Waals surface area contributed by atoms with Crippen molar-refractivity contribution in [2.75, 3.05) is 5.32 Å². The van der Waals surface area contributed by atoms with Gasteiger partial charge in [-0.2, -0.15) is 0 Å². The number of carbonyl (C=O) groups excluding carboxylic acids is 1. The summed E-state index contributed by atoms with van der Waals surface area (Å²) in [4.78, 5) is 22.9. The Labute approximate surface area is 121 Å². The number of urea groups is 1. The van der Waals surface area contributed by atoms with Gasteiger partial charge in [-0.05, 0) is 17.5 Å². The Kier molecular flexibility index (Phi) is 4.94. The maximum absolute atomic E-state index is 13.6. The van der Waals surface area contributed by atoms with E-state index in [0.717, 1.165) is 0 Å². The third-order valence-corrected chi connectivity index (χ3v) is 2.88. The maximum Gasteiger partial charge on any atom is 0.326 e. The van der Waals surface area contributed by atoms with E-state index in [9.17, 15) is 14.0 Å². The number of carboxylic acids is 1. The first-order valence-electron chi connectivity index (χ1n) is 5.87. The summed E-state index contributed by atoms with van der Waals surface area (Å²) in [6.07, 6.45) is 0. The van der Waals surface area contributed by atoms with Gasteiger partial charge in [-0.3, -0.25) is 0 Å². The fourth-order valence-electron chi connectivity index (χ4n) is 1.54. The molecule has 0 fully saturated rings. The molecule has 1 aromatic carbocycles. The van der Waals surface area contributed by atoms with Gasteiger partial charge in [-0.1, -0.05) is 38.4 Å². The predicted molar refractivity (Wildman–Crippen MR) is 74.4 cm³/mol. The van der Waals surface area contributed by atoms with E-state index in [2.05, 4.69) is 10.6 Å². The van der Waals surface area contributed by atoms with Gasteiger partial charge in [0, 0.05) is 0 Å². The summed E-state index contributed by atoms with van der Waals surface area (Å²) in [5.74, 6) is -1.94. The zero-order valence-electron chi connectivity index (χ0n) is 11.3. The molecule has 7 heteroatoms. The van der Waals surface area contributed by atoms with E-state index in [4.69, 9.17) is 16.7 Å². The van der Waals surface area contributed by atoms with Crippen LogP contribution in [0.5, 0.6) is 0 Å². The van der Waals surface area contributed by atoms with Crippen molar-refractivity contribution in [3.05, 3.63) is 29.0 Å². The number of carboxylic acid groups (broad SMARTS) is 1. The Bertz CT molecular complexity index is 529. The summed E-state index contributed by atoms with van der Waals surface area (Å²) in [6, 6.07) is 2.22. The molecule has 0 aromatic heterocycles. The number of halogens is 2. The normalized spacial score (nSPS) is 12.7. The average molecular weight is 303 g/mol. The summed E-state index contributed by atoms with van der Waals surface area (Å²) in [5.41, 5.74) is -0.802. The molecule has 0 aliphatic rings. The molecule has 0 aliphatic heterocycles. The second-order valence-electron chi connectivity index (χ2n) is 5.34. The number of rotatable bonds is 3. The Morgan fingerprint density at radius 3 is 2.45 bits per heavy atom. The van der Waals surface area contributed by atoms with Crippen LogP contribution in [0.25, 0.3) is 0 Å². The quantitative estimate of drug-likeness (QED) is 0.803. The van der Waals surface area contributed by atoms with Gasteiger partial charge in [-0.25, -0.2) is 14.0 Å². The molecule has 1 unspecified atom stereocenters. The van der Waals surface area contributed by atoms with Gasteiger partial charge in [0.1, 0.15) is 6.04 Å². The van der Waals surface area contributed by atoms with Crippen LogP contribution in [0.15, 0.2) is 18.2 Å². The topological polar surface area (TPSA) is 78.4 Å². The molecular weight excluding hydrogens is 287 g/mol. The second-order valence-corrected chi connectivity index (χ2v) is 5.74. The van der Waals surface area contributed by atoms with E-state index in [1.807, 2.05) is 0 Å². The molecule has 2 amide bonds. The fourth-order valence-corrected chi connectivity index (χ4v) is 1.71. The van der Waals surface area contributed by atoms with Gasteiger partial charge in [0.2, 0.25) is 0 Å². The van der Waals surface area contributed by atoms with E-state index in [1.165, 1.54) is 18.2 Å². The summed E-state index contributed by atoms with van der Waals surface area (Å²) < 4.78 is 13.6. The lowest BCUT2D eigenvalue weighted by Gasteiger charge is -2.27. The largest absolute Gasteiger partial charge is 0.480 e. The van der Waals surface area contributed by atoms with E-state index in [0.29, 0.717) is 0 Å². The molecule has 110 valence electrons. The van der Waals surface area contributed by atoms with Crippen molar-refractivity contribution < 1.29 is 19.1 Å². The lowest BCUT2D eigenvalue weighted by molar-refractivity contribution is -0.141. The SMILES string of the molecule is CC(C)(C)C(NC(=O)Nc1cccc(Cl)c1F)C(=O)O. The standard InChI is InChI=1S/C13H16ClFN2O3/c1-13(2,3)10(11(18)19)17-12(20)16-8-6-4-5-7(14)9(8)15/h4-6,10H,1-3H3,(H,18,19)(H2,16,17,20). The third kappa shape index (κ3) is 4.09. The number of nitrogens with one attached hydrogen (secondary N) is 2. The third-order valence-electron chi connectivity index (χ3n) is 2.59. The first-order valence-corrected chi connectivity index (χ1v) is 6.25. The van der Waals surface area contributed by atoms with Crippen LogP contribution in [0.1, 0.15) is 20.8 Å². The molecule has 1 rings (SSSR count). The Morgan fingerprint density at radius 1 is 1.35 bits per heavy atom.